The van der Waals surface area contributed by atoms with Gasteiger partial charge >= 0.3 is 6.09 Å². The Hall–Kier alpha value is -3.07. The summed E-state index contributed by atoms with van der Waals surface area (Å²) in [6.45, 7) is 7.03. The fraction of sp³-hybridized carbons (Fsp3) is 0.483. The third kappa shape index (κ3) is 5.53. The maximum atomic E-state index is 13.3. The number of halogens is 1. The van der Waals surface area contributed by atoms with Crippen LogP contribution in [0.1, 0.15) is 87.2 Å². The number of nitrogens with one attached hydrogen (secondary N) is 1. The number of carbonyl (C=O) groups excluding carboxylic acids is 2. The first-order valence-electron chi connectivity index (χ1n) is 13.5. The summed E-state index contributed by atoms with van der Waals surface area (Å²) < 4.78 is 8.43. The lowest BCUT2D eigenvalue weighted by Crippen LogP contribution is -2.41. The van der Waals surface area contributed by atoms with E-state index in [1.54, 1.807) is 6.07 Å². The molecule has 2 aliphatic rings. The first-order chi connectivity index (χ1) is 18.1. The van der Waals surface area contributed by atoms with Gasteiger partial charge in [0, 0.05) is 29.3 Å². The van der Waals surface area contributed by atoms with Crippen molar-refractivity contribution in [2.24, 2.45) is 0 Å². The lowest BCUT2D eigenvalue weighted by Gasteiger charge is -2.33. The van der Waals surface area contributed by atoms with Gasteiger partial charge in [-0.25, -0.2) is 9.78 Å². The molecule has 0 bridgehead atoms. The number of anilines is 2. The number of likely N-dealkylation sites (tertiary alicyclic amines) is 1. The van der Waals surface area contributed by atoms with Gasteiger partial charge in [-0.15, -0.1) is 0 Å². The molecule has 2 amide bonds. The Morgan fingerprint density at radius 1 is 1.08 bits per heavy atom. The Kier molecular flexibility index (Phi) is 7.40. The number of nitrogens with two attached hydrogens (primary N) is 1. The molecule has 202 valence electrons. The van der Waals surface area contributed by atoms with E-state index in [0.29, 0.717) is 40.7 Å². The summed E-state index contributed by atoms with van der Waals surface area (Å²) in [4.78, 5) is 32.4. The van der Waals surface area contributed by atoms with E-state index >= 15 is 0 Å². The van der Waals surface area contributed by atoms with Gasteiger partial charge in [-0.3, -0.25) is 10.1 Å². The first-order valence-corrected chi connectivity index (χ1v) is 14.2. The summed E-state index contributed by atoms with van der Waals surface area (Å²) in [5.41, 5.74) is 9.61. The second-order valence-corrected chi connectivity index (χ2v) is 12.2. The quantitative estimate of drug-likeness (QED) is 0.327. The molecular formula is C29H36BrN5O3. The SMILES string of the molecule is CC(C)(C)OC(=O)N1CCC(c2ccc3nc(NC(=O)c4c(N)cccc4Br)n(C4CCCC4)c3c2)CC1. The number of rotatable bonds is 4. The number of piperidine rings is 1. The first kappa shape index (κ1) is 26.5. The molecule has 3 aromatic rings. The van der Waals surface area contributed by atoms with Gasteiger partial charge in [0.1, 0.15) is 5.60 Å². The largest absolute Gasteiger partial charge is 0.444 e. The molecule has 0 spiro atoms. The van der Waals surface area contributed by atoms with Crippen LogP contribution in [-0.4, -0.2) is 45.1 Å². The number of nitrogen functional groups attached to an aromatic ring is 1. The molecule has 2 aromatic carbocycles. The maximum absolute atomic E-state index is 13.3. The minimum Gasteiger partial charge on any atom is -0.444 e. The third-order valence-corrected chi connectivity index (χ3v) is 8.18. The van der Waals surface area contributed by atoms with Gasteiger partial charge in [-0.2, -0.15) is 0 Å². The fourth-order valence-corrected chi connectivity index (χ4v) is 6.21. The molecule has 3 N–H and O–H groups in total. The van der Waals surface area contributed by atoms with E-state index in [1.165, 1.54) is 5.56 Å². The zero-order valence-corrected chi connectivity index (χ0v) is 23.9. The van der Waals surface area contributed by atoms with E-state index in [1.807, 2.05) is 37.8 Å². The summed E-state index contributed by atoms with van der Waals surface area (Å²) in [6, 6.07) is 12.1. The molecule has 1 saturated carbocycles. The smallest absolute Gasteiger partial charge is 0.410 e. The van der Waals surface area contributed by atoms with Crippen molar-refractivity contribution in [3.8, 4) is 0 Å². The van der Waals surface area contributed by atoms with E-state index < -0.39 is 5.60 Å². The molecule has 2 heterocycles. The maximum Gasteiger partial charge on any atom is 0.410 e. The van der Waals surface area contributed by atoms with Crippen LogP contribution in [0.5, 0.6) is 0 Å². The second-order valence-electron chi connectivity index (χ2n) is 11.4. The second kappa shape index (κ2) is 10.6. The zero-order chi connectivity index (χ0) is 27.0. The fourth-order valence-electron chi connectivity index (χ4n) is 5.65. The molecule has 1 aliphatic heterocycles. The highest BCUT2D eigenvalue weighted by molar-refractivity contribution is 9.10. The van der Waals surface area contributed by atoms with Gasteiger partial charge in [0.25, 0.3) is 5.91 Å². The number of hydrogen-bond donors (Lipinski definition) is 2. The molecule has 0 radical (unpaired) electrons. The van der Waals surface area contributed by atoms with Gasteiger partial charge in [-0.1, -0.05) is 25.0 Å². The Morgan fingerprint density at radius 2 is 1.79 bits per heavy atom. The van der Waals surface area contributed by atoms with Crippen molar-refractivity contribution in [2.45, 2.75) is 76.9 Å². The van der Waals surface area contributed by atoms with Crippen molar-refractivity contribution >= 4 is 50.6 Å². The number of fused-ring (bicyclic) bond motifs is 1. The molecule has 0 atom stereocenters. The normalized spacial score (nSPS) is 17.2. The Labute approximate surface area is 232 Å². The van der Waals surface area contributed by atoms with Crippen LogP contribution < -0.4 is 11.1 Å². The van der Waals surface area contributed by atoms with Crippen LogP contribution in [0.15, 0.2) is 40.9 Å². The minimum atomic E-state index is -0.493. The van der Waals surface area contributed by atoms with E-state index in [-0.39, 0.29) is 18.0 Å². The Morgan fingerprint density at radius 3 is 2.45 bits per heavy atom. The van der Waals surface area contributed by atoms with Gasteiger partial charge in [0.05, 0.1) is 16.6 Å². The molecule has 1 aromatic heterocycles. The molecule has 9 heteroatoms. The van der Waals surface area contributed by atoms with E-state index in [2.05, 4.69) is 44.0 Å². The van der Waals surface area contributed by atoms with Gasteiger partial charge in [-0.05, 0) is 98.1 Å². The number of aromatic nitrogens is 2. The van der Waals surface area contributed by atoms with Crippen LogP contribution >= 0.6 is 15.9 Å². The van der Waals surface area contributed by atoms with Crippen molar-refractivity contribution in [1.82, 2.24) is 14.5 Å². The molecule has 0 unspecified atom stereocenters. The highest BCUT2D eigenvalue weighted by atomic mass is 79.9. The number of nitrogens with zero attached hydrogens (tertiary/aromatic N) is 3. The van der Waals surface area contributed by atoms with Gasteiger partial charge in [0.15, 0.2) is 0 Å². The van der Waals surface area contributed by atoms with Crippen LogP contribution in [0, 0.1) is 0 Å². The molecule has 38 heavy (non-hydrogen) atoms. The highest BCUT2D eigenvalue weighted by Crippen LogP contribution is 2.38. The molecule has 5 rings (SSSR count). The topological polar surface area (TPSA) is 102 Å². The number of amides is 2. The number of hydrogen-bond acceptors (Lipinski definition) is 5. The van der Waals surface area contributed by atoms with Crippen molar-refractivity contribution in [3.63, 3.8) is 0 Å². The number of benzene rings is 2. The lowest BCUT2D eigenvalue weighted by molar-refractivity contribution is 0.0204. The van der Waals surface area contributed by atoms with E-state index in [0.717, 1.165) is 49.6 Å². The Balaban J connectivity index is 1.41. The number of ether oxygens (including phenoxy) is 1. The lowest BCUT2D eigenvalue weighted by atomic mass is 9.89. The van der Waals surface area contributed by atoms with Crippen LogP contribution in [0.3, 0.4) is 0 Å². The van der Waals surface area contributed by atoms with Gasteiger partial charge in [0.2, 0.25) is 5.95 Å². The van der Waals surface area contributed by atoms with E-state index in [9.17, 15) is 9.59 Å². The Bertz CT molecular complexity index is 1330. The van der Waals surface area contributed by atoms with Crippen molar-refractivity contribution in [1.29, 1.82) is 0 Å². The van der Waals surface area contributed by atoms with E-state index in [4.69, 9.17) is 15.5 Å². The van der Waals surface area contributed by atoms with Crippen molar-refractivity contribution < 1.29 is 14.3 Å². The molecule has 8 nitrogen and oxygen atoms in total. The predicted octanol–water partition coefficient (Wildman–Crippen LogP) is 6.86. The monoisotopic (exact) mass is 581 g/mol. The third-order valence-electron chi connectivity index (χ3n) is 7.52. The number of carbonyl (C=O) groups is 2. The highest BCUT2D eigenvalue weighted by Gasteiger charge is 2.29. The van der Waals surface area contributed by atoms with Crippen LogP contribution in [0.25, 0.3) is 11.0 Å². The average molecular weight is 583 g/mol. The average Bonchev–Trinajstić information content (AvgIpc) is 3.50. The number of imidazole rings is 1. The summed E-state index contributed by atoms with van der Waals surface area (Å²) in [6.07, 6.45) is 5.97. The summed E-state index contributed by atoms with van der Waals surface area (Å²) >= 11 is 3.46. The van der Waals surface area contributed by atoms with Crippen molar-refractivity contribution in [2.75, 3.05) is 24.1 Å². The standard InChI is InChI=1S/C29H36BrN5O3/c1-29(2,3)38-28(37)34-15-13-18(14-16-34)19-11-12-23-24(17-19)35(20-7-4-5-8-20)27(32-23)33-26(36)25-21(30)9-6-10-22(25)31/h6,9-12,17-18,20H,4-5,7-8,13-16,31H2,1-3H3,(H,32,33,36). The minimum absolute atomic E-state index is 0.239. The van der Waals surface area contributed by atoms with Crippen LogP contribution in [0.4, 0.5) is 16.4 Å². The molecule has 1 aliphatic carbocycles. The van der Waals surface area contributed by atoms with Crippen molar-refractivity contribution in [3.05, 3.63) is 52.0 Å². The molecule has 2 fully saturated rings. The summed E-state index contributed by atoms with van der Waals surface area (Å²) in [5.74, 6) is 0.631. The van der Waals surface area contributed by atoms with Crippen LogP contribution in [-0.2, 0) is 4.74 Å². The predicted molar refractivity (Wildman–Crippen MR) is 154 cm³/mol. The van der Waals surface area contributed by atoms with Gasteiger partial charge < -0.3 is 19.9 Å². The summed E-state index contributed by atoms with van der Waals surface area (Å²) in [7, 11) is 0. The summed E-state index contributed by atoms with van der Waals surface area (Å²) in [5, 5.41) is 3.06. The zero-order valence-electron chi connectivity index (χ0n) is 22.3. The molecule has 1 saturated heterocycles. The molecular weight excluding hydrogens is 546 g/mol. The van der Waals surface area contributed by atoms with Crippen LogP contribution in [0.2, 0.25) is 0 Å².